The predicted octanol–water partition coefficient (Wildman–Crippen LogP) is -2.05. The molecule has 1 fully saturated rings. The van der Waals surface area contributed by atoms with E-state index in [9.17, 15) is 43.5 Å². The lowest BCUT2D eigenvalue weighted by atomic mass is 10.0. The highest BCUT2D eigenvalue weighted by Crippen LogP contribution is 2.21. The average molecular weight is 935 g/mol. The van der Waals surface area contributed by atoms with E-state index < -0.39 is 96.1 Å². The third kappa shape index (κ3) is 17.2. The van der Waals surface area contributed by atoms with Gasteiger partial charge < -0.3 is 68.9 Å². The number of likely N-dealkylation sites (tertiary alicyclic amines) is 1. The van der Waals surface area contributed by atoms with Gasteiger partial charge in [-0.1, -0.05) is 44.2 Å². The Balaban J connectivity index is 1.56. The number of aliphatic imine (C=N–C) groups is 1. The second-order valence-electron chi connectivity index (χ2n) is 16.7. The fraction of sp³-hybridized carbons (Fsp3) is 0.512. The predicted molar refractivity (Wildman–Crippen MR) is 241 cm³/mol. The highest BCUT2D eigenvalue weighted by Gasteiger charge is 2.40. The maximum Gasteiger partial charge on any atom is 0.326 e. The molecule has 0 saturated carbocycles. The molecule has 3 aromatic rings. The summed E-state index contributed by atoms with van der Waals surface area (Å²) in [5.74, 6) is -7.40. The SMILES string of the molecule is CC(C)C[C@H](NC(=O)[C@@H]1CCCN1C(=O)[C@H](Cc1cnc[nH]1)NC(=O)[C@H](CCCN=C(N)N)NC(=O)[C@H](Cc1cnc[nH]1)NC(=O)[C@@H](N)Cc1ccccc1)C(=O)N[C@@H](CCC(=O)O)C(=O)O. The largest absolute Gasteiger partial charge is 0.481 e. The number of aromatic amines is 2. The number of benzene rings is 1. The molecule has 67 heavy (non-hydrogen) atoms. The van der Waals surface area contributed by atoms with E-state index >= 15 is 0 Å². The Labute approximate surface area is 386 Å². The van der Waals surface area contributed by atoms with Crippen LogP contribution in [0, 0.1) is 5.92 Å². The molecule has 7 atom stereocenters. The minimum atomic E-state index is -1.53. The fourth-order valence-corrected chi connectivity index (χ4v) is 7.47. The van der Waals surface area contributed by atoms with Gasteiger partial charge in [-0.05, 0) is 56.4 Å². The Kier molecular flexibility index (Phi) is 20.2. The number of carboxylic acid groups (broad SMARTS) is 2. The van der Waals surface area contributed by atoms with E-state index in [2.05, 4.69) is 51.5 Å². The molecule has 0 aliphatic carbocycles. The van der Waals surface area contributed by atoms with Gasteiger partial charge >= 0.3 is 11.9 Å². The number of carbonyl (C=O) groups is 8. The number of hydrogen-bond donors (Lipinski definition) is 12. The van der Waals surface area contributed by atoms with Gasteiger partial charge in [-0.3, -0.25) is 38.6 Å². The molecule has 6 amide bonds. The lowest BCUT2D eigenvalue weighted by molar-refractivity contribution is -0.144. The van der Waals surface area contributed by atoms with Gasteiger partial charge in [-0.25, -0.2) is 14.8 Å². The summed E-state index contributed by atoms with van der Waals surface area (Å²) in [6, 6.07) is 0.310. The number of amides is 6. The molecule has 4 rings (SSSR count). The van der Waals surface area contributed by atoms with Gasteiger partial charge in [0, 0.05) is 56.1 Å². The smallest absolute Gasteiger partial charge is 0.326 e. The number of rotatable bonds is 27. The molecule has 1 saturated heterocycles. The van der Waals surface area contributed by atoms with Crippen molar-refractivity contribution in [2.45, 2.75) is 120 Å². The maximum atomic E-state index is 14.6. The van der Waals surface area contributed by atoms with Crippen LogP contribution in [-0.2, 0) is 57.6 Å². The summed E-state index contributed by atoms with van der Waals surface area (Å²) >= 11 is 0. The second kappa shape index (κ2) is 25.9. The molecule has 15 N–H and O–H groups in total. The van der Waals surface area contributed by atoms with E-state index in [-0.39, 0.29) is 76.3 Å². The minimum Gasteiger partial charge on any atom is -0.481 e. The zero-order chi connectivity index (χ0) is 49.0. The van der Waals surface area contributed by atoms with Crippen LogP contribution in [0.4, 0.5) is 0 Å². The van der Waals surface area contributed by atoms with Crippen molar-refractivity contribution in [2.24, 2.45) is 28.1 Å². The number of nitrogens with zero attached hydrogens (tertiary/aromatic N) is 4. The highest BCUT2D eigenvalue weighted by molar-refractivity contribution is 5.97. The number of nitrogens with two attached hydrogens (primary N) is 3. The van der Waals surface area contributed by atoms with Crippen LogP contribution in [0.5, 0.6) is 0 Å². The number of aliphatic carboxylic acids is 2. The van der Waals surface area contributed by atoms with Crippen molar-refractivity contribution in [1.29, 1.82) is 0 Å². The van der Waals surface area contributed by atoms with Crippen molar-refractivity contribution in [3.63, 3.8) is 0 Å². The number of carbonyl (C=O) groups excluding carboxylic acids is 6. The number of guanidine groups is 1. The van der Waals surface area contributed by atoms with E-state index in [1.165, 1.54) is 29.9 Å². The molecule has 1 aliphatic heterocycles. The highest BCUT2D eigenvalue weighted by atomic mass is 16.4. The number of aromatic nitrogens is 4. The van der Waals surface area contributed by atoms with Crippen molar-refractivity contribution >= 4 is 53.3 Å². The quantitative estimate of drug-likeness (QED) is 0.0222. The summed E-state index contributed by atoms with van der Waals surface area (Å²) in [4.78, 5) is 126. The molecule has 0 unspecified atom stereocenters. The van der Waals surface area contributed by atoms with Gasteiger partial charge in [0.05, 0.1) is 18.7 Å². The van der Waals surface area contributed by atoms with E-state index in [4.69, 9.17) is 22.3 Å². The average Bonchev–Trinajstić information content (AvgIpc) is 4.10. The van der Waals surface area contributed by atoms with Crippen molar-refractivity contribution < 1.29 is 48.6 Å². The molecule has 24 heteroatoms. The van der Waals surface area contributed by atoms with Crippen LogP contribution in [0.1, 0.15) is 75.7 Å². The topological polar surface area (TPSA) is 388 Å². The Bertz CT molecular complexity index is 2150. The first kappa shape index (κ1) is 52.3. The third-order valence-electron chi connectivity index (χ3n) is 10.9. The minimum absolute atomic E-state index is 0.0232. The summed E-state index contributed by atoms with van der Waals surface area (Å²) < 4.78 is 0. The van der Waals surface area contributed by atoms with Gasteiger partial charge in [0.15, 0.2) is 5.96 Å². The summed E-state index contributed by atoms with van der Waals surface area (Å²) in [6.07, 6.45) is 5.66. The zero-order valence-corrected chi connectivity index (χ0v) is 37.5. The lowest BCUT2D eigenvalue weighted by Gasteiger charge is -2.31. The number of H-pyrrole nitrogens is 2. The molecule has 0 bridgehead atoms. The van der Waals surface area contributed by atoms with Crippen molar-refractivity contribution in [1.82, 2.24) is 51.4 Å². The van der Waals surface area contributed by atoms with Gasteiger partial charge in [0.2, 0.25) is 35.4 Å². The molecule has 1 aliphatic rings. The molecule has 364 valence electrons. The third-order valence-corrected chi connectivity index (χ3v) is 10.9. The molecular weight excluding hydrogens is 873 g/mol. The lowest BCUT2D eigenvalue weighted by Crippen LogP contribution is -2.60. The zero-order valence-electron chi connectivity index (χ0n) is 37.5. The summed E-state index contributed by atoms with van der Waals surface area (Å²) in [6.45, 7) is 3.76. The van der Waals surface area contributed by atoms with E-state index in [1.807, 2.05) is 30.3 Å². The maximum absolute atomic E-state index is 14.6. The normalized spacial score (nSPS) is 16.1. The fourth-order valence-electron chi connectivity index (χ4n) is 7.47. The Morgan fingerprint density at radius 3 is 1.93 bits per heavy atom. The molecule has 0 spiro atoms. The van der Waals surface area contributed by atoms with Crippen LogP contribution in [0.2, 0.25) is 0 Å². The molecule has 1 aromatic carbocycles. The molecule has 24 nitrogen and oxygen atoms in total. The Morgan fingerprint density at radius 2 is 1.34 bits per heavy atom. The van der Waals surface area contributed by atoms with Crippen molar-refractivity contribution in [2.75, 3.05) is 13.1 Å². The molecule has 2 aromatic heterocycles. The van der Waals surface area contributed by atoms with Gasteiger partial charge in [0.25, 0.3) is 0 Å². The van der Waals surface area contributed by atoms with E-state index in [0.29, 0.717) is 17.8 Å². The first-order valence-electron chi connectivity index (χ1n) is 22.0. The number of hydrogen-bond acceptors (Lipinski definition) is 12. The first-order valence-corrected chi connectivity index (χ1v) is 22.0. The Morgan fingerprint density at radius 1 is 0.761 bits per heavy atom. The molecule has 3 heterocycles. The Hall–Kier alpha value is -7.37. The monoisotopic (exact) mass is 934 g/mol. The van der Waals surface area contributed by atoms with Crippen LogP contribution in [0.3, 0.4) is 0 Å². The van der Waals surface area contributed by atoms with Crippen molar-refractivity contribution in [3.05, 3.63) is 72.3 Å². The van der Waals surface area contributed by atoms with Gasteiger partial charge in [-0.15, -0.1) is 0 Å². The van der Waals surface area contributed by atoms with Crippen LogP contribution in [0.15, 0.2) is 60.4 Å². The summed E-state index contributed by atoms with van der Waals surface area (Å²) in [5, 5.41) is 31.9. The van der Waals surface area contributed by atoms with E-state index in [0.717, 1.165) is 5.56 Å². The van der Waals surface area contributed by atoms with Crippen LogP contribution in [-0.4, -0.2) is 144 Å². The van der Waals surface area contributed by atoms with Crippen LogP contribution >= 0.6 is 0 Å². The van der Waals surface area contributed by atoms with Gasteiger partial charge in [-0.2, -0.15) is 0 Å². The number of nitrogens with one attached hydrogen (secondary N) is 7. The number of carboxylic acids is 2. The van der Waals surface area contributed by atoms with Crippen molar-refractivity contribution in [3.8, 4) is 0 Å². The standard InChI is InChI=1S/C43H62N14O10/c1-24(2)16-31(38(62)53-30(42(66)67)12-13-35(58)59)55-40(64)34-11-7-15-57(34)41(65)33(19-27-21-48-23-51-27)56-37(61)29(10-6-14-49-43(45)46)52-39(63)32(18-26-20-47-22-50-26)54-36(60)28(44)17-25-8-4-3-5-9-25/h3-5,8-9,20-24,28-34H,6-7,10-19,44H2,1-2H3,(H,47,50)(H,48,51)(H,52,63)(H,53,62)(H,54,60)(H,55,64)(H,56,61)(H,58,59)(H,66,67)(H4,45,46,49)/t28-,29-,30-,31-,32-,33-,34-/m0/s1. The van der Waals surface area contributed by atoms with E-state index in [1.54, 1.807) is 13.8 Å². The number of imidazole rings is 2. The molecular formula is C43H62N14O10. The van der Waals surface area contributed by atoms with Crippen LogP contribution in [0.25, 0.3) is 0 Å². The molecule has 0 radical (unpaired) electrons. The summed E-state index contributed by atoms with van der Waals surface area (Å²) in [5.41, 5.74) is 19.1. The summed E-state index contributed by atoms with van der Waals surface area (Å²) in [7, 11) is 0. The first-order chi connectivity index (χ1) is 31.9. The second-order valence-corrected chi connectivity index (χ2v) is 16.7. The van der Waals surface area contributed by atoms with Gasteiger partial charge in [0.1, 0.15) is 36.3 Å². The van der Waals surface area contributed by atoms with Crippen LogP contribution < -0.4 is 43.8 Å².